The number of hydrogen-bond acceptors (Lipinski definition) is 11. The predicted octanol–water partition coefficient (Wildman–Crippen LogP) is 3.73. The molecule has 1 saturated carbocycles. The molecule has 1 amide bonds. The van der Waals surface area contributed by atoms with Crippen LogP contribution in [-0.4, -0.2) is 108 Å². The van der Waals surface area contributed by atoms with Gasteiger partial charge in [-0.15, -0.1) is 0 Å². The third-order valence-corrected chi connectivity index (χ3v) is 10.00. The molecule has 3 saturated heterocycles. The maximum Gasteiger partial charge on any atom is 0.271 e. The number of likely N-dealkylation sites (N-methyl/N-ethyl adjacent to an activating group) is 1. The highest BCUT2D eigenvalue weighted by molar-refractivity contribution is 5.97. The zero-order chi connectivity index (χ0) is 31.7. The van der Waals surface area contributed by atoms with E-state index >= 15 is 0 Å². The molecule has 3 aliphatic heterocycles. The van der Waals surface area contributed by atoms with Crippen LogP contribution < -0.4 is 26.0 Å². The Balaban J connectivity index is 1.11. The van der Waals surface area contributed by atoms with E-state index in [1.54, 1.807) is 19.4 Å². The lowest BCUT2D eigenvalue weighted by Crippen LogP contribution is -2.52. The number of ether oxygens (including phenoxy) is 2. The van der Waals surface area contributed by atoms with Crippen molar-refractivity contribution in [3.05, 3.63) is 48.3 Å². The fourth-order valence-electron chi connectivity index (χ4n) is 7.09. The molecule has 5 heterocycles. The van der Waals surface area contributed by atoms with Gasteiger partial charge in [-0.25, -0.2) is 9.97 Å². The van der Waals surface area contributed by atoms with Gasteiger partial charge in [0.1, 0.15) is 17.1 Å². The van der Waals surface area contributed by atoms with Crippen molar-refractivity contribution in [1.29, 1.82) is 0 Å². The molecule has 7 rings (SSSR count). The van der Waals surface area contributed by atoms with Crippen molar-refractivity contribution in [2.75, 3.05) is 75.6 Å². The number of carbonyl (C=O) groups is 1. The fourth-order valence-corrected chi connectivity index (χ4v) is 7.09. The van der Waals surface area contributed by atoms with E-state index in [1.165, 1.54) is 31.6 Å². The molecule has 0 radical (unpaired) electrons. The van der Waals surface area contributed by atoms with Gasteiger partial charge in [-0.05, 0) is 82.0 Å². The third kappa shape index (κ3) is 6.60. The van der Waals surface area contributed by atoms with Crippen LogP contribution in [0.2, 0.25) is 0 Å². The average molecular weight is 628 g/mol. The number of piperazine rings is 1. The molecule has 2 aromatic heterocycles. The van der Waals surface area contributed by atoms with Crippen LogP contribution in [0, 0.1) is 0 Å². The first-order valence-electron chi connectivity index (χ1n) is 16.6. The first-order chi connectivity index (χ1) is 22.4. The Bertz CT molecular complexity index is 1530. The summed E-state index contributed by atoms with van der Waals surface area (Å²) in [5.41, 5.74) is 8.78. The van der Waals surface area contributed by atoms with Crippen molar-refractivity contribution in [1.82, 2.24) is 24.8 Å². The van der Waals surface area contributed by atoms with Gasteiger partial charge in [0.05, 0.1) is 12.7 Å². The molecule has 1 aromatic carbocycles. The Morgan fingerprint density at radius 3 is 2.43 bits per heavy atom. The Hall–Kier alpha value is -4.00. The second-order valence-corrected chi connectivity index (χ2v) is 13.1. The molecule has 4 N–H and O–H groups in total. The van der Waals surface area contributed by atoms with E-state index in [9.17, 15) is 4.79 Å². The van der Waals surface area contributed by atoms with Crippen LogP contribution in [0.3, 0.4) is 0 Å². The smallest absolute Gasteiger partial charge is 0.271 e. The number of benzene rings is 1. The first-order valence-corrected chi connectivity index (χ1v) is 16.6. The van der Waals surface area contributed by atoms with Gasteiger partial charge < -0.3 is 35.6 Å². The lowest BCUT2D eigenvalue weighted by molar-refractivity contribution is -0.00884. The quantitative estimate of drug-likeness (QED) is 0.320. The van der Waals surface area contributed by atoms with Crippen molar-refractivity contribution in [2.45, 2.75) is 56.2 Å². The highest BCUT2D eigenvalue weighted by Gasteiger charge is 2.48. The van der Waals surface area contributed by atoms with E-state index in [1.807, 2.05) is 18.2 Å². The summed E-state index contributed by atoms with van der Waals surface area (Å²) in [6.07, 6.45) is 7.92. The SMILES string of the molecule is COc1cccnc1-c1nc(C(N)=O)c(Nc2ccc(N3CCC(N4CCN(C)CC4)CC3)cc2)nc1NC1CCOC2(CC2)C1. The molecule has 4 fully saturated rings. The van der Waals surface area contributed by atoms with E-state index in [0.29, 0.717) is 41.4 Å². The number of aromatic nitrogens is 3. The predicted molar refractivity (Wildman–Crippen MR) is 179 cm³/mol. The van der Waals surface area contributed by atoms with Gasteiger partial charge in [0.2, 0.25) is 0 Å². The van der Waals surface area contributed by atoms with Crippen LogP contribution in [0.4, 0.5) is 23.0 Å². The highest BCUT2D eigenvalue weighted by atomic mass is 16.5. The Morgan fingerprint density at radius 2 is 1.74 bits per heavy atom. The van der Waals surface area contributed by atoms with Gasteiger partial charge in [-0.2, -0.15) is 0 Å². The lowest BCUT2D eigenvalue weighted by Gasteiger charge is -2.42. The number of methoxy groups -OCH3 is 1. The molecular formula is C34H45N9O3. The minimum Gasteiger partial charge on any atom is -0.494 e. The van der Waals surface area contributed by atoms with Gasteiger partial charge in [-0.1, -0.05) is 0 Å². The molecular weight excluding hydrogens is 582 g/mol. The summed E-state index contributed by atoms with van der Waals surface area (Å²) >= 11 is 0. The van der Waals surface area contributed by atoms with Crippen LogP contribution in [0.15, 0.2) is 42.6 Å². The third-order valence-electron chi connectivity index (χ3n) is 10.00. The van der Waals surface area contributed by atoms with E-state index in [-0.39, 0.29) is 17.3 Å². The summed E-state index contributed by atoms with van der Waals surface area (Å²) in [4.78, 5) is 34.5. The number of nitrogens with one attached hydrogen (secondary N) is 2. The van der Waals surface area contributed by atoms with Gasteiger partial charge in [0.15, 0.2) is 17.3 Å². The molecule has 3 aromatic rings. The number of piperidine rings is 1. The maximum absolute atomic E-state index is 12.7. The van der Waals surface area contributed by atoms with E-state index in [4.69, 9.17) is 25.2 Å². The molecule has 0 bridgehead atoms. The molecule has 1 unspecified atom stereocenters. The summed E-state index contributed by atoms with van der Waals surface area (Å²) in [5.74, 6) is 0.667. The molecule has 1 aliphatic carbocycles. The van der Waals surface area contributed by atoms with E-state index in [0.717, 1.165) is 57.5 Å². The summed E-state index contributed by atoms with van der Waals surface area (Å²) in [6.45, 7) is 7.43. The number of pyridine rings is 1. The Kier molecular flexibility index (Phi) is 8.67. The number of carbonyl (C=O) groups excluding carboxylic acids is 1. The zero-order valence-corrected chi connectivity index (χ0v) is 26.9. The van der Waals surface area contributed by atoms with Crippen LogP contribution in [0.5, 0.6) is 5.75 Å². The number of hydrogen-bond donors (Lipinski definition) is 3. The minimum absolute atomic E-state index is 0.0258. The largest absolute Gasteiger partial charge is 0.494 e. The fraction of sp³-hybridized carbons (Fsp3) is 0.529. The highest BCUT2D eigenvalue weighted by Crippen LogP contribution is 2.47. The standard InChI is InChI=1S/C34H45N9O3/c1-41-17-19-43(20-18-41)26-9-15-42(16-10-26)25-7-5-23(6-8-25)37-33-30(31(35)44)39-29(28-27(45-2)4-3-14-36-28)32(40-33)38-24-11-21-46-34(22-24)12-13-34/h3-8,14,24,26H,9-13,15-22H2,1-2H3,(H2,35,44)(H2,37,38,40). The molecule has 1 atom stereocenters. The molecule has 46 heavy (non-hydrogen) atoms. The Labute approximate surface area is 270 Å². The number of rotatable bonds is 9. The number of nitrogens with zero attached hydrogens (tertiary/aromatic N) is 6. The molecule has 1 spiro atoms. The monoisotopic (exact) mass is 627 g/mol. The summed E-state index contributed by atoms with van der Waals surface area (Å²) < 4.78 is 11.6. The normalized spacial score (nSPS) is 22.0. The van der Waals surface area contributed by atoms with E-state index in [2.05, 4.69) is 49.5 Å². The second-order valence-electron chi connectivity index (χ2n) is 13.1. The lowest BCUT2D eigenvalue weighted by atomic mass is 10.0. The van der Waals surface area contributed by atoms with Crippen LogP contribution >= 0.6 is 0 Å². The number of anilines is 4. The summed E-state index contributed by atoms with van der Waals surface area (Å²) in [6, 6.07) is 12.7. The topological polar surface area (TPSA) is 134 Å². The van der Waals surface area contributed by atoms with Crippen molar-refractivity contribution >= 4 is 28.9 Å². The molecule has 244 valence electrons. The van der Waals surface area contributed by atoms with Crippen molar-refractivity contribution < 1.29 is 14.3 Å². The van der Waals surface area contributed by atoms with Crippen molar-refractivity contribution in [2.24, 2.45) is 5.73 Å². The van der Waals surface area contributed by atoms with Gasteiger partial charge >= 0.3 is 0 Å². The number of amides is 1. The van der Waals surface area contributed by atoms with Crippen LogP contribution in [0.1, 0.15) is 49.0 Å². The molecule has 12 nitrogen and oxygen atoms in total. The number of primary amides is 1. The van der Waals surface area contributed by atoms with Gasteiger partial charge in [0, 0.05) is 75.5 Å². The van der Waals surface area contributed by atoms with Gasteiger partial charge in [-0.3, -0.25) is 14.7 Å². The van der Waals surface area contributed by atoms with Crippen LogP contribution in [0.25, 0.3) is 11.4 Å². The average Bonchev–Trinajstić information content (AvgIpc) is 3.83. The minimum atomic E-state index is -0.680. The second kappa shape index (κ2) is 13.0. The zero-order valence-electron chi connectivity index (χ0n) is 26.9. The van der Waals surface area contributed by atoms with Crippen LogP contribution in [-0.2, 0) is 4.74 Å². The van der Waals surface area contributed by atoms with Crippen molar-refractivity contribution in [3.8, 4) is 17.1 Å². The summed E-state index contributed by atoms with van der Waals surface area (Å²) in [5, 5.41) is 6.95. The van der Waals surface area contributed by atoms with E-state index < -0.39 is 5.91 Å². The maximum atomic E-state index is 12.7. The van der Waals surface area contributed by atoms with Crippen molar-refractivity contribution in [3.63, 3.8) is 0 Å². The van der Waals surface area contributed by atoms with Gasteiger partial charge in [0.25, 0.3) is 5.91 Å². The number of nitrogens with two attached hydrogens (primary N) is 1. The summed E-state index contributed by atoms with van der Waals surface area (Å²) in [7, 11) is 3.79. The molecule has 12 heteroatoms. The Morgan fingerprint density at radius 1 is 0.978 bits per heavy atom. The molecule has 4 aliphatic rings. The first kappa shape index (κ1) is 30.6.